The van der Waals surface area contributed by atoms with Crippen molar-refractivity contribution in [2.45, 2.75) is 6.92 Å². The first-order chi connectivity index (χ1) is 7.74. The van der Waals surface area contributed by atoms with Gasteiger partial charge in [-0.25, -0.2) is 4.79 Å². The summed E-state index contributed by atoms with van der Waals surface area (Å²) in [6, 6.07) is 10.4. The molecule has 82 valence electrons. The number of esters is 1. The van der Waals surface area contributed by atoms with Crippen LogP contribution in [0.1, 0.15) is 17.3 Å². The molecule has 0 aliphatic heterocycles. The molecule has 0 atom stereocenters. The van der Waals surface area contributed by atoms with Crippen LogP contribution in [0, 0.1) is 0 Å². The van der Waals surface area contributed by atoms with Crippen molar-refractivity contribution in [1.82, 2.24) is 0 Å². The van der Waals surface area contributed by atoms with Crippen LogP contribution in [0.3, 0.4) is 0 Å². The van der Waals surface area contributed by atoms with Gasteiger partial charge in [0.25, 0.3) is 0 Å². The lowest BCUT2D eigenvalue weighted by Crippen LogP contribution is -2.05. The molecule has 0 amide bonds. The fourth-order valence-corrected chi connectivity index (χ4v) is 1.70. The third kappa shape index (κ3) is 1.72. The lowest BCUT2D eigenvalue weighted by Gasteiger charge is -2.07. The first-order valence-electron chi connectivity index (χ1n) is 5.12. The number of hydrogen-bond donors (Lipinski definition) is 1. The molecule has 0 spiro atoms. The molecule has 1 N–H and O–H groups in total. The Kier molecular flexibility index (Phi) is 2.77. The standard InChI is InChI=1S/C13H12O3/c1-2-16-13(15)10-7-3-5-9-6-4-8-11(14)12(9)10/h3-8,14H,2H2,1H3. The Hall–Kier alpha value is -2.03. The summed E-state index contributed by atoms with van der Waals surface area (Å²) in [5, 5.41) is 11.1. The van der Waals surface area contributed by atoms with Gasteiger partial charge in [0.1, 0.15) is 5.75 Å². The average Bonchev–Trinajstić information content (AvgIpc) is 2.29. The Morgan fingerprint density at radius 1 is 1.25 bits per heavy atom. The Labute approximate surface area is 93.3 Å². The van der Waals surface area contributed by atoms with Gasteiger partial charge < -0.3 is 9.84 Å². The van der Waals surface area contributed by atoms with Crippen LogP contribution in [0.5, 0.6) is 5.75 Å². The van der Waals surface area contributed by atoms with Crippen molar-refractivity contribution in [3.63, 3.8) is 0 Å². The molecule has 3 heteroatoms. The first kappa shape index (κ1) is 10.5. The van der Waals surface area contributed by atoms with Gasteiger partial charge in [-0.15, -0.1) is 0 Å². The molecule has 0 saturated carbocycles. The number of rotatable bonds is 2. The van der Waals surface area contributed by atoms with E-state index >= 15 is 0 Å². The summed E-state index contributed by atoms with van der Waals surface area (Å²) in [4.78, 5) is 11.7. The Balaban J connectivity index is 2.65. The zero-order valence-corrected chi connectivity index (χ0v) is 8.93. The number of hydrogen-bond acceptors (Lipinski definition) is 3. The molecule has 0 bridgehead atoms. The third-order valence-corrected chi connectivity index (χ3v) is 2.38. The molecule has 0 heterocycles. The highest BCUT2D eigenvalue weighted by atomic mass is 16.5. The number of carbonyl (C=O) groups is 1. The number of aromatic hydroxyl groups is 1. The van der Waals surface area contributed by atoms with E-state index < -0.39 is 5.97 Å². The van der Waals surface area contributed by atoms with E-state index in [1.807, 2.05) is 12.1 Å². The average molecular weight is 216 g/mol. The van der Waals surface area contributed by atoms with E-state index in [1.54, 1.807) is 31.2 Å². The van der Waals surface area contributed by atoms with Gasteiger partial charge in [0, 0.05) is 5.39 Å². The molecule has 0 radical (unpaired) electrons. The number of phenolic OH excluding ortho intramolecular Hbond substituents is 1. The van der Waals surface area contributed by atoms with Gasteiger partial charge in [-0.05, 0) is 24.4 Å². The number of fused-ring (bicyclic) bond motifs is 1. The molecule has 0 unspecified atom stereocenters. The Morgan fingerprint density at radius 2 is 1.94 bits per heavy atom. The van der Waals surface area contributed by atoms with Crippen molar-refractivity contribution in [3.05, 3.63) is 42.0 Å². The Morgan fingerprint density at radius 3 is 2.62 bits per heavy atom. The number of ether oxygens (including phenoxy) is 1. The largest absolute Gasteiger partial charge is 0.507 e. The van der Waals surface area contributed by atoms with Gasteiger partial charge in [-0.3, -0.25) is 0 Å². The monoisotopic (exact) mass is 216 g/mol. The fourth-order valence-electron chi connectivity index (χ4n) is 1.70. The zero-order valence-electron chi connectivity index (χ0n) is 8.93. The number of carbonyl (C=O) groups excluding carboxylic acids is 1. The highest BCUT2D eigenvalue weighted by molar-refractivity contribution is 6.06. The lowest BCUT2D eigenvalue weighted by atomic mass is 10.0. The minimum absolute atomic E-state index is 0.0983. The van der Waals surface area contributed by atoms with Crippen molar-refractivity contribution >= 4 is 16.7 Å². The van der Waals surface area contributed by atoms with Crippen molar-refractivity contribution in [2.24, 2.45) is 0 Å². The fraction of sp³-hybridized carbons (Fsp3) is 0.154. The van der Waals surface area contributed by atoms with Gasteiger partial charge in [0.15, 0.2) is 0 Å². The maximum atomic E-state index is 11.7. The summed E-state index contributed by atoms with van der Waals surface area (Å²) in [5.74, 6) is -0.309. The minimum atomic E-state index is -0.408. The van der Waals surface area contributed by atoms with Gasteiger partial charge >= 0.3 is 5.97 Å². The van der Waals surface area contributed by atoms with Crippen LogP contribution < -0.4 is 0 Å². The van der Waals surface area contributed by atoms with Crippen LogP contribution >= 0.6 is 0 Å². The van der Waals surface area contributed by atoms with E-state index in [9.17, 15) is 9.90 Å². The Bertz CT molecular complexity index is 526. The van der Waals surface area contributed by atoms with Crippen molar-refractivity contribution in [1.29, 1.82) is 0 Å². The van der Waals surface area contributed by atoms with Crippen LogP contribution in [-0.2, 0) is 4.74 Å². The molecular formula is C13H12O3. The highest BCUT2D eigenvalue weighted by Gasteiger charge is 2.13. The summed E-state index contributed by atoms with van der Waals surface area (Å²) < 4.78 is 4.94. The molecule has 16 heavy (non-hydrogen) atoms. The topological polar surface area (TPSA) is 46.5 Å². The lowest BCUT2D eigenvalue weighted by molar-refractivity contribution is 0.0528. The number of phenols is 1. The van der Waals surface area contributed by atoms with Gasteiger partial charge in [0.05, 0.1) is 12.2 Å². The summed E-state index contributed by atoms with van der Waals surface area (Å²) in [7, 11) is 0. The van der Waals surface area contributed by atoms with Gasteiger partial charge in [-0.1, -0.05) is 24.3 Å². The highest BCUT2D eigenvalue weighted by Crippen LogP contribution is 2.28. The quantitative estimate of drug-likeness (QED) is 0.785. The van der Waals surface area contributed by atoms with E-state index in [1.165, 1.54) is 0 Å². The second kappa shape index (κ2) is 4.23. The normalized spacial score (nSPS) is 10.3. The third-order valence-electron chi connectivity index (χ3n) is 2.38. The van der Waals surface area contributed by atoms with Gasteiger partial charge in [0.2, 0.25) is 0 Å². The van der Waals surface area contributed by atoms with Crippen LogP contribution in [0.4, 0.5) is 0 Å². The smallest absolute Gasteiger partial charge is 0.338 e. The summed E-state index contributed by atoms with van der Waals surface area (Å²) >= 11 is 0. The zero-order chi connectivity index (χ0) is 11.5. The van der Waals surface area contributed by atoms with Crippen LogP contribution in [0.2, 0.25) is 0 Å². The maximum absolute atomic E-state index is 11.7. The molecule has 2 rings (SSSR count). The maximum Gasteiger partial charge on any atom is 0.338 e. The van der Waals surface area contributed by atoms with E-state index in [0.29, 0.717) is 17.6 Å². The molecule has 0 aromatic heterocycles. The second-order valence-corrected chi connectivity index (χ2v) is 3.40. The minimum Gasteiger partial charge on any atom is -0.507 e. The molecule has 2 aromatic carbocycles. The van der Waals surface area contributed by atoms with Crippen LogP contribution in [-0.4, -0.2) is 17.7 Å². The molecule has 2 aromatic rings. The number of benzene rings is 2. The van der Waals surface area contributed by atoms with E-state index in [-0.39, 0.29) is 5.75 Å². The van der Waals surface area contributed by atoms with E-state index in [2.05, 4.69) is 0 Å². The summed E-state index contributed by atoms with van der Waals surface area (Å²) in [6.45, 7) is 2.08. The molecule has 0 aliphatic carbocycles. The molecular weight excluding hydrogens is 204 g/mol. The van der Waals surface area contributed by atoms with Crippen molar-refractivity contribution < 1.29 is 14.6 Å². The molecule has 0 saturated heterocycles. The molecule has 0 fully saturated rings. The predicted octanol–water partition coefficient (Wildman–Crippen LogP) is 2.72. The molecule has 3 nitrogen and oxygen atoms in total. The van der Waals surface area contributed by atoms with Crippen molar-refractivity contribution in [2.75, 3.05) is 6.61 Å². The van der Waals surface area contributed by atoms with Gasteiger partial charge in [-0.2, -0.15) is 0 Å². The summed E-state index contributed by atoms with van der Waals surface area (Å²) in [6.07, 6.45) is 0. The van der Waals surface area contributed by atoms with E-state index in [0.717, 1.165) is 5.39 Å². The SMILES string of the molecule is CCOC(=O)c1cccc2cccc(O)c12. The second-order valence-electron chi connectivity index (χ2n) is 3.40. The summed E-state index contributed by atoms with van der Waals surface area (Å²) in [5.41, 5.74) is 0.400. The van der Waals surface area contributed by atoms with E-state index in [4.69, 9.17) is 4.74 Å². The predicted molar refractivity (Wildman–Crippen MR) is 61.6 cm³/mol. The van der Waals surface area contributed by atoms with Crippen molar-refractivity contribution in [3.8, 4) is 5.75 Å². The van der Waals surface area contributed by atoms with Crippen LogP contribution in [0.15, 0.2) is 36.4 Å². The first-order valence-corrected chi connectivity index (χ1v) is 5.12. The molecule has 0 aliphatic rings. The van der Waals surface area contributed by atoms with Crippen LogP contribution in [0.25, 0.3) is 10.8 Å².